The summed E-state index contributed by atoms with van der Waals surface area (Å²) in [5, 5.41) is 10.2. The van der Waals surface area contributed by atoms with Gasteiger partial charge in [-0.25, -0.2) is 0 Å². The van der Waals surface area contributed by atoms with E-state index in [2.05, 4.69) is 76.3 Å². The molecule has 8 nitrogen and oxygen atoms in total. The van der Waals surface area contributed by atoms with Crippen LogP contribution in [-0.4, -0.2) is 39.6 Å². The van der Waals surface area contributed by atoms with Gasteiger partial charge in [-0.2, -0.15) is 0 Å². The number of carboxylic acid groups (broad SMARTS) is 1. The Balaban J connectivity index is -0.00000250. The number of hydrogen-bond acceptors (Lipinski definition) is 8. The van der Waals surface area contributed by atoms with Crippen LogP contribution in [0.2, 0.25) is 0 Å². The van der Waals surface area contributed by atoms with Gasteiger partial charge in [0, 0.05) is 5.97 Å². The van der Waals surface area contributed by atoms with Crippen molar-refractivity contribution in [1.29, 1.82) is 0 Å². The first kappa shape index (κ1) is 84.6. The zero-order valence-corrected chi connectivity index (χ0v) is 58.8. The van der Waals surface area contributed by atoms with E-state index in [9.17, 15) is 24.3 Å². The fourth-order valence-corrected chi connectivity index (χ4v) is 11.7. The molecule has 0 aliphatic rings. The van der Waals surface area contributed by atoms with E-state index in [1.54, 1.807) is 0 Å². The van der Waals surface area contributed by atoms with Crippen LogP contribution < -0.4 is 34.7 Å². The van der Waals surface area contributed by atoms with Crippen LogP contribution in [0, 0.1) is 0 Å². The Labute approximate surface area is 536 Å². The molecule has 0 saturated carbocycles. The second-order valence-electron chi connectivity index (χ2n) is 23.3. The molecule has 0 radical (unpaired) electrons. The van der Waals surface area contributed by atoms with E-state index in [1.165, 1.54) is 218 Å². The summed E-state index contributed by atoms with van der Waals surface area (Å²) in [5.74, 6) is -2.21. The molecule has 0 rings (SSSR count). The molecule has 0 heterocycles. The molecule has 0 bridgehead atoms. The summed E-state index contributed by atoms with van der Waals surface area (Å²) >= 11 is -3.35. The monoisotopic (exact) mass is 1220 g/mol. The molecule has 0 saturated heterocycles. The van der Waals surface area contributed by atoms with Crippen LogP contribution in [0.1, 0.15) is 387 Å². The molecule has 82 heavy (non-hydrogen) atoms. The molecule has 0 spiro atoms. The summed E-state index contributed by atoms with van der Waals surface area (Å²) in [6, 6.07) is 0. The molecule has 0 amide bonds. The van der Waals surface area contributed by atoms with E-state index in [1.807, 2.05) is 0 Å². The topological polar surface area (TPSA) is 119 Å². The Morgan fingerprint density at radius 2 is 0.415 bits per heavy atom. The minimum absolute atomic E-state index is 0. The molecule has 0 fully saturated rings. The number of carboxylic acids is 1. The molecule has 474 valence electrons. The van der Waals surface area contributed by atoms with Gasteiger partial charge in [0.05, 0.1) is 0 Å². The molecular weight excluding hydrogens is 1090 g/mol. The zero-order valence-electron chi connectivity index (χ0n) is 54.9. The van der Waals surface area contributed by atoms with E-state index in [0.29, 0.717) is 0 Å². The number of allylic oxidation sites excluding steroid dienone is 8. The van der Waals surface area contributed by atoms with Gasteiger partial charge in [-0.15, -0.1) is 0 Å². The van der Waals surface area contributed by atoms with Gasteiger partial charge in [-0.1, -0.05) is 188 Å². The van der Waals surface area contributed by atoms with E-state index in [-0.39, 0.29) is 55.2 Å². The van der Waals surface area contributed by atoms with Gasteiger partial charge in [0.25, 0.3) is 0 Å². The zero-order chi connectivity index (χ0) is 59.3. The summed E-state index contributed by atoms with van der Waals surface area (Å²) in [6.45, 7) is 9.04. The van der Waals surface area contributed by atoms with Crippen molar-refractivity contribution in [1.82, 2.24) is 0 Å². The van der Waals surface area contributed by atoms with Crippen LogP contribution in [0.4, 0.5) is 0 Å². The van der Waals surface area contributed by atoms with Crippen molar-refractivity contribution in [2.45, 2.75) is 387 Å². The average Bonchev–Trinajstić information content (AvgIpc) is 3.45. The first-order chi connectivity index (χ1) is 39.8. The summed E-state index contributed by atoms with van der Waals surface area (Å²) in [7, 11) is 0. The Bertz CT molecular complexity index is 1320. The summed E-state index contributed by atoms with van der Waals surface area (Å²) in [5.41, 5.74) is 0. The average molecular weight is 1220 g/mol. The normalized spacial score (nSPS) is 11.5. The quantitative estimate of drug-likeness (QED) is 0.0336. The Morgan fingerprint density at radius 3 is 0.598 bits per heavy atom. The number of aliphatic carboxylic acids is 1. The molecular formula is C72H132AsNaO8. The van der Waals surface area contributed by atoms with Crippen molar-refractivity contribution >= 4 is 39.6 Å². The van der Waals surface area contributed by atoms with Crippen molar-refractivity contribution < 1.29 is 65.0 Å². The maximum atomic E-state index is 12.8. The third-order valence-electron chi connectivity index (χ3n) is 15.1. The molecule has 0 aliphatic heterocycles. The Morgan fingerprint density at radius 1 is 0.256 bits per heavy atom. The second-order valence-corrected chi connectivity index (χ2v) is 25.4. The minimum Gasteiger partial charge on any atom is -0.550 e. The molecule has 0 aromatic heterocycles. The van der Waals surface area contributed by atoms with Crippen molar-refractivity contribution in [3.8, 4) is 0 Å². The van der Waals surface area contributed by atoms with E-state index >= 15 is 0 Å². The molecule has 0 aliphatic carbocycles. The first-order valence-electron chi connectivity index (χ1n) is 35.0. The number of unbranched alkanes of at least 4 members (excludes halogenated alkanes) is 44. The van der Waals surface area contributed by atoms with E-state index in [0.717, 1.165) is 116 Å². The van der Waals surface area contributed by atoms with Crippen LogP contribution in [0.3, 0.4) is 0 Å². The molecule has 0 N–H and O–H groups in total. The molecule has 10 heteroatoms. The minimum atomic E-state index is -3.35. The molecule has 0 unspecified atom stereocenters. The summed E-state index contributed by atoms with van der Waals surface area (Å²) < 4.78 is 16.7. The van der Waals surface area contributed by atoms with Gasteiger partial charge >= 0.3 is 279 Å². The summed E-state index contributed by atoms with van der Waals surface area (Å²) in [6.07, 6.45) is 82.0. The van der Waals surface area contributed by atoms with E-state index < -0.39 is 39.6 Å². The van der Waals surface area contributed by atoms with Crippen molar-refractivity contribution in [2.75, 3.05) is 0 Å². The molecule has 0 aromatic rings. The first-order valence-corrected chi connectivity index (χ1v) is 37.3. The third-order valence-corrected chi connectivity index (χ3v) is 17.3. The standard InChI is InChI=1S/C54H99AsO6.C18H34O2.Na/c1-4-7-10-13-16-19-22-25-28-31-34-37-40-43-46-49-52(56)59-55(60-53(57)50-47-44-41-38-35-32-29-26-23-20-17-14-11-8-5-2)61-54(58)51-48-45-42-39-36-33-30-27-24-21-18-15-12-9-6-3;1-2-3-4-5-6-7-8-9-10-11-12-13-14-15-16-17-18(19)20;/h25-30H,4-24,31-51H2,1-3H3;9-10H,2-8,11-17H2,1H3,(H,19,20);/q;;+1/p-1/b28-25-,29-26-,30-27-;10-9-;. The van der Waals surface area contributed by atoms with Gasteiger partial charge in [-0.3, -0.25) is 0 Å². The van der Waals surface area contributed by atoms with Crippen LogP contribution in [-0.2, 0) is 30.4 Å². The van der Waals surface area contributed by atoms with Crippen LogP contribution in [0.25, 0.3) is 0 Å². The fraction of sp³-hybridized carbons (Fsp3) is 0.833. The van der Waals surface area contributed by atoms with Gasteiger partial charge in [0.15, 0.2) is 0 Å². The SMILES string of the molecule is CCCCCCCC/C=C\CCCCCCCC(=O)O[As](OC(=O)CCCCCCC/C=C\CCCCCCCC)OC(=O)CCCCCCC/C=C\CCCCCCCC.CCCCCCCC/C=C\CCCCCCCC(=O)[O-].[Na+]. The fourth-order valence-electron chi connectivity index (χ4n) is 9.80. The number of hydrogen-bond donors (Lipinski definition) is 0. The Hall–Kier alpha value is -1.60. The summed E-state index contributed by atoms with van der Waals surface area (Å²) in [4.78, 5) is 48.5. The van der Waals surface area contributed by atoms with Crippen LogP contribution in [0.5, 0.6) is 0 Å². The van der Waals surface area contributed by atoms with Crippen LogP contribution >= 0.6 is 0 Å². The number of carbonyl (C=O) groups is 4. The van der Waals surface area contributed by atoms with Gasteiger partial charge in [-0.05, 0) is 57.8 Å². The van der Waals surface area contributed by atoms with Gasteiger partial charge in [0.2, 0.25) is 0 Å². The molecule has 0 atom stereocenters. The van der Waals surface area contributed by atoms with Crippen molar-refractivity contribution in [3.05, 3.63) is 48.6 Å². The van der Waals surface area contributed by atoms with Gasteiger partial charge < -0.3 is 9.90 Å². The Kier molecular flexibility index (Phi) is 77.9. The predicted octanol–water partition coefficient (Wildman–Crippen LogP) is 19.5. The van der Waals surface area contributed by atoms with Crippen molar-refractivity contribution in [2.24, 2.45) is 0 Å². The van der Waals surface area contributed by atoms with E-state index in [4.69, 9.17) is 11.2 Å². The predicted molar refractivity (Wildman–Crippen MR) is 347 cm³/mol. The second kappa shape index (κ2) is 75.5. The number of carbonyl (C=O) groups excluding carboxylic acids is 4. The van der Waals surface area contributed by atoms with Gasteiger partial charge in [0.1, 0.15) is 0 Å². The maximum absolute atomic E-state index is 12.8. The van der Waals surface area contributed by atoms with Crippen molar-refractivity contribution in [3.63, 3.8) is 0 Å². The smallest absolute Gasteiger partial charge is 0.550 e. The molecule has 0 aromatic carbocycles. The number of rotatable bonds is 63. The third kappa shape index (κ3) is 76.4. The van der Waals surface area contributed by atoms with Crippen LogP contribution in [0.15, 0.2) is 48.6 Å².